The van der Waals surface area contributed by atoms with Crippen LogP contribution in [0.1, 0.15) is 11.9 Å². The summed E-state index contributed by atoms with van der Waals surface area (Å²) in [6, 6.07) is 3.79. The summed E-state index contributed by atoms with van der Waals surface area (Å²) < 4.78 is 22.4. The lowest BCUT2D eigenvalue weighted by atomic mass is 10.2. The van der Waals surface area contributed by atoms with Crippen LogP contribution in [0.25, 0.3) is 0 Å². The van der Waals surface area contributed by atoms with Gasteiger partial charge in [-0.2, -0.15) is 0 Å². The maximum Gasteiger partial charge on any atom is 0.187 e. The first-order valence-corrected chi connectivity index (χ1v) is 5.70. The van der Waals surface area contributed by atoms with Gasteiger partial charge in [0, 0.05) is 0 Å². The van der Waals surface area contributed by atoms with Crippen LogP contribution >= 0.6 is 15.9 Å². The first-order valence-electron chi connectivity index (χ1n) is 4.91. The minimum absolute atomic E-state index is 0.364. The van der Waals surface area contributed by atoms with E-state index >= 15 is 0 Å². The van der Waals surface area contributed by atoms with Crippen LogP contribution in [0, 0.1) is 0 Å². The van der Waals surface area contributed by atoms with Gasteiger partial charge >= 0.3 is 0 Å². The summed E-state index contributed by atoms with van der Waals surface area (Å²) in [5.41, 5.74) is 0.847. The summed E-state index contributed by atoms with van der Waals surface area (Å²) in [6.45, 7) is 1.21. The van der Waals surface area contributed by atoms with Crippen molar-refractivity contribution in [3.8, 4) is 11.5 Å². The molecule has 0 amide bonds. The molecule has 1 heterocycles. The molecule has 4 nitrogen and oxygen atoms in total. The van der Waals surface area contributed by atoms with Gasteiger partial charge in [-0.3, -0.25) is 0 Å². The molecule has 1 aliphatic rings. The molecule has 2 rings (SSSR count). The van der Waals surface area contributed by atoms with Crippen molar-refractivity contribution < 1.29 is 18.9 Å². The highest BCUT2D eigenvalue weighted by molar-refractivity contribution is 9.10. The molecule has 0 unspecified atom stereocenters. The van der Waals surface area contributed by atoms with Gasteiger partial charge in [0.25, 0.3) is 0 Å². The third kappa shape index (κ3) is 2.03. The highest BCUT2D eigenvalue weighted by atomic mass is 79.9. The molecule has 1 aliphatic heterocycles. The third-order valence-electron chi connectivity index (χ3n) is 2.38. The molecule has 0 N–H and O–H groups in total. The second kappa shape index (κ2) is 5.03. The highest BCUT2D eigenvalue weighted by Gasteiger charge is 2.25. The first-order chi connectivity index (χ1) is 7.77. The number of rotatable bonds is 3. The number of halogens is 1. The van der Waals surface area contributed by atoms with Gasteiger partial charge in [-0.25, -0.2) is 0 Å². The van der Waals surface area contributed by atoms with Crippen LogP contribution in [0.3, 0.4) is 0 Å². The van der Waals surface area contributed by atoms with E-state index in [-0.39, 0.29) is 6.29 Å². The number of hydrogen-bond donors (Lipinski definition) is 0. The van der Waals surface area contributed by atoms with E-state index < -0.39 is 0 Å². The summed E-state index contributed by atoms with van der Waals surface area (Å²) >= 11 is 3.40. The Labute approximate surface area is 103 Å². The van der Waals surface area contributed by atoms with Gasteiger partial charge in [0.2, 0.25) is 0 Å². The molecule has 16 heavy (non-hydrogen) atoms. The lowest BCUT2D eigenvalue weighted by Crippen LogP contribution is -2.03. The van der Waals surface area contributed by atoms with Crippen LogP contribution < -0.4 is 9.47 Å². The number of ether oxygens (including phenoxy) is 4. The van der Waals surface area contributed by atoms with Gasteiger partial charge in [-0.1, -0.05) is 0 Å². The Kier molecular flexibility index (Phi) is 3.68. The van der Waals surface area contributed by atoms with Crippen molar-refractivity contribution in [1.82, 2.24) is 0 Å². The van der Waals surface area contributed by atoms with Gasteiger partial charge in [0.05, 0.1) is 37.5 Å². The Morgan fingerprint density at radius 3 is 2.31 bits per heavy atom. The highest BCUT2D eigenvalue weighted by Crippen LogP contribution is 2.42. The Bertz CT molecular complexity index is 374. The number of hydrogen-bond acceptors (Lipinski definition) is 4. The molecule has 0 aliphatic carbocycles. The lowest BCUT2D eigenvalue weighted by molar-refractivity contribution is -0.0456. The van der Waals surface area contributed by atoms with E-state index in [1.807, 2.05) is 12.1 Å². The third-order valence-corrected chi connectivity index (χ3v) is 3.00. The summed E-state index contributed by atoms with van der Waals surface area (Å²) in [7, 11) is 3.20. The Morgan fingerprint density at radius 2 is 1.75 bits per heavy atom. The second-order valence-corrected chi connectivity index (χ2v) is 4.13. The molecule has 1 aromatic carbocycles. The average molecular weight is 289 g/mol. The van der Waals surface area contributed by atoms with Crippen molar-refractivity contribution in [2.24, 2.45) is 0 Å². The minimum Gasteiger partial charge on any atom is -0.492 e. The van der Waals surface area contributed by atoms with Crippen LogP contribution in [-0.4, -0.2) is 27.4 Å². The minimum atomic E-state index is -0.364. The maximum absolute atomic E-state index is 5.45. The number of methoxy groups -OCH3 is 2. The van der Waals surface area contributed by atoms with Gasteiger partial charge in [-0.15, -0.1) is 0 Å². The maximum atomic E-state index is 5.45. The topological polar surface area (TPSA) is 36.9 Å². The largest absolute Gasteiger partial charge is 0.492 e. The summed E-state index contributed by atoms with van der Waals surface area (Å²) in [5, 5.41) is 0. The quantitative estimate of drug-likeness (QED) is 0.856. The molecule has 0 bridgehead atoms. The first kappa shape index (κ1) is 11.7. The van der Waals surface area contributed by atoms with Gasteiger partial charge in [-0.05, 0) is 28.1 Å². The predicted molar refractivity (Wildman–Crippen MR) is 61.9 cm³/mol. The summed E-state index contributed by atoms with van der Waals surface area (Å²) in [6.07, 6.45) is -0.364. The van der Waals surface area contributed by atoms with Crippen molar-refractivity contribution >= 4 is 15.9 Å². The second-order valence-electron chi connectivity index (χ2n) is 3.28. The smallest absolute Gasteiger partial charge is 0.187 e. The van der Waals surface area contributed by atoms with Gasteiger partial charge < -0.3 is 18.9 Å². The predicted octanol–water partition coefficient (Wildman–Crippen LogP) is 2.51. The van der Waals surface area contributed by atoms with Crippen LogP contribution in [0.15, 0.2) is 16.6 Å². The molecule has 1 aromatic rings. The van der Waals surface area contributed by atoms with Crippen molar-refractivity contribution in [3.63, 3.8) is 0 Å². The Hall–Kier alpha value is -0.780. The van der Waals surface area contributed by atoms with E-state index in [9.17, 15) is 0 Å². The zero-order valence-corrected chi connectivity index (χ0v) is 10.7. The standard InChI is InChI=1S/C11H13BrO4/c1-13-9-7(11-15-5-6-16-11)3-4-8(12)10(9)14-2/h3-4,11H,5-6H2,1-2H3. The van der Waals surface area contributed by atoms with Crippen molar-refractivity contribution in [2.45, 2.75) is 6.29 Å². The Balaban J connectivity index is 2.43. The van der Waals surface area contributed by atoms with Gasteiger partial charge in [0.15, 0.2) is 17.8 Å². The lowest BCUT2D eigenvalue weighted by Gasteiger charge is -2.17. The van der Waals surface area contributed by atoms with Crippen LogP contribution in [0.4, 0.5) is 0 Å². The fourth-order valence-corrected chi connectivity index (χ4v) is 2.15. The molecule has 0 atom stereocenters. The molecule has 5 heteroatoms. The van der Waals surface area contributed by atoms with Crippen LogP contribution in [-0.2, 0) is 9.47 Å². The zero-order chi connectivity index (χ0) is 11.5. The van der Waals surface area contributed by atoms with Crippen molar-refractivity contribution in [1.29, 1.82) is 0 Å². The molecule has 88 valence electrons. The molecule has 0 saturated carbocycles. The summed E-state index contributed by atoms with van der Waals surface area (Å²) in [5.74, 6) is 1.29. The van der Waals surface area contributed by atoms with E-state index in [0.29, 0.717) is 24.7 Å². The van der Waals surface area contributed by atoms with Crippen molar-refractivity contribution in [2.75, 3.05) is 27.4 Å². The van der Waals surface area contributed by atoms with Crippen LogP contribution in [0.2, 0.25) is 0 Å². The molecule has 1 saturated heterocycles. The fraction of sp³-hybridized carbons (Fsp3) is 0.455. The SMILES string of the molecule is COc1c(Br)ccc(C2OCCO2)c1OC. The monoisotopic (exact) mass is 288 g/mol. The molecular formula is C11H13BrO4. The molecule has 0 spiro atoms. The van der Waals surface area contributed by atoms with E-state index in [4.69, 9.17) is 18.9 Å². The summed E-state index contributed by atoms with van der Waals surface area (Å²) in [4.78, 5) is 0. The molecular weight excluding hydrogens is 276 g/mol. The van der Waals surface area contributed by atoms with E-state index in [2.05, 4.69) is 15.9 Å². The molecule has 0 radical (unpaired) electrons. The molecule has 1 fully saturated rings. The van der Waals surface area contributed by atoms with Gasteiger partial charge in [0.1, 0.15) is 0 Å². The van der Waals surface area contributed by atoms with Crippen LogP contribution in [0.5, 0.6) is 11.5 Å². The average Bonchev–Trinajstić information content (AvgIpc) is 2.81. The fourth-order valence-electron chi connectivity index (χ4n) is 1.68. The Morgan fingerprint density at radius 1 is 1.12 bits per heavy atom. The van der Waals surface area contributed by atoms with E-state index in [1.165, 1.54) is 0 Å². The zero-order valence-electron chi connectivity index (χ0n) is 9.16. The van der Waals surface area contributed by atoms with Crippen molar-refractivity contribution in [3.05, 3.63) is 22.2 Å². The number of benzene rings is 1. The molecule has 0 aromatic heterocycles. The van der Waals surface area contributed by atoms with E-state index in [0.717, 1.165) is 10.0 Å². The normalized spacial score (nSPS) is 16.4. The van der Waals surface area contributed by atoms with E-state index in [1.54, 1.807) is 14.2 Å².